The summed E-state index contributed by atoms with van der Waals surface area (Å²) >= 11 is 6.25. The molecule has 0 bridgehead atoms. The molecule has 0 aromatic heterocycles. The predicted octanol–water partition coefficient (Wildman–Crippen LogP) is 6.81. The first-order valence-corrected chi connectivity index (χ1v) is 15.0. The van der Waals surface area contributed by atoms with Crippen molar-refractivity contribution in [2.45, 2.75) is 38.1 Å². The van der Waals surface area contributed by atoms with Crippen LogP contribution in [-0.2, 0) is 23.0 Å². The zero-order chi connectivity index (χ0) is 28.5. The van der Waals surface area contributed by atoms with Crippen LogP contribution in [-0.4, -0.2) is 27.5 Å². The second-order valence-electron chi connectivity index (χ2n) is 9.45. The Morgan fingerprint density at radius 3 is 2.25 bits per heavy atom. The van der Waals surface area contributed by atoms with Crippen LogP contribution in [0.4, 0.5) is 5.69 Å². The topological polar surface area (TPSA) is 75.7 Å². The summed E-state index contributed by atoms with van der Waals surface area (Å²) in [4.78, 5) is 12.9. The van der Waals surface area contributed by atoms with Crippen molar-refractivity contribution in [2.75, 3.05) is 17.5 Å². The van der Waals surface area contributed by atoms with Gasteiger partial charge in [-0.05, 0) is 78.6 Å². The number of amides is 1. The molecule has 6 nitrogen and oxygen atoms in total. The van der Waals surface area contributed by atoms with E-state index in [0.29, 0.717) is 29.4 Å². The van der Waals surface area contributed by atoms with E-state index < -0.39 is 10.0 Å². The number of carbonyl (C=O) groups excluding carboxylic acids is 1. The summed E-state index contributed by atoms with van der Waals surface area (Å²) in [6.45, 7) is 4.77. The van der Waals surface area contributed by atoms with Crippen molar-refractivity contribution in [1.82, 2.24) is 5.32 Å². The lowest BCUT2D eigenvalue weighted by Gasteiger charge is -2.26. The number of rotatable bonds is 12. The molecule has 0 unspecified atom stereocenters. The highest BCUT2D eigenvalue weighted by atomic mass is 35.5. The van der Waals surface area contributed by atoms with E-state index in [1.807, 2.05) is 19.1 Å². The Morgan fingerprint density at radius 2 is 1.57 bits per heavy atom. The largest absolute Gasteiger partial charge is 0.492 e. The summed E-state index contributed by atoms with van der Waals surface area (Å²) in [6, 6.07) is 28.4. The van der Waals surface area contributed by atoms with E-state index in [9.17, 15) is 13.2 Å². The molecule has 0 aliphatic rings. The summed E-state index contributed by atoms with van der Waals surface area (Å²) in [6.07, 6.45) is 2.13. The van der Waals surface area contributed by atoms with Crippen molar-refractivity contribution in [3.8, 4) is 5.75 Å². The summed E-state index contributed by atoms with van der Waals surface area (Å²) in [5, 5.41) is 3.30. The van der Waals surface area contributed by atoms with Crippen LogP contribution in [0, 0.1) is 6.92 Å². The monoisotopic (exact) mass is 576 g/mol. The number of carbonyl (C=O) groups is 1. The van der Waals surface area contributed by atoms with Crippen LogP contribution in [0.5, 0.6) is 5.75 Å². The Kier molecular flexibility index (Phi) is 9.85. The van der Waals surface area contributed by atoms with Crippen LogP contribution in [0.15, 0.2) is 102 Å². The first-order chi connectivity index (χ1) is 19.3. The van der Waals surface area contributed by atoms with Gasteiger partial charge in [0.1, 0.15) is 12.4 Å². The van der Waals surface area contributed by atoms with Gasteiger partial charge in [0.05, 0.1) is 23.7 Å². The molecule has 0 radical (unpaired) electrons. The van der Waals surface area contributed by atoms with E-state index in [1.165, 1.54) is 9.87 Å². The average molecular weight is 577 g/mol. The number of anilines is 1. The maximum Gasteiger partial charge on any atom is 0.264 e. The minimum atomic E-state index is -3.88. The second-order valence-corrected chi connectivity index (χ2v) is 11.7. The Morgan fingerprint density at radius 1 is 0.900 bits per heavy atom. The zero-order valence-electron chi connectivity index (χ0n) is 22.6. The molecule has 0 fully saturated rings. The molecule has 1 amide bonds. The first kappa shape index (κ1) is 29.2. The highest BCUT2D eigenvalue weighted by Gasteiger charge is 2.26. The van der Waals surface area contributed by atoms with Crippen LogP contribution in [0.25, 0.3) is 0 Å². The molecule has 0 aliphatic heterocycles. The molecule has 0 aliphatic carbocycles. The minimum Gasteiger partial charge on any atom is -0.492 e. The van der Waals surface area contributed by atoms with Gasteiger partial charge < -0.3 is 10.1 Å². The van der Waals surface area contributed by atoms with Gasteiger partial charge >= 0.3 is 0 Å². The van der Waals surface area contributed by atoms with Gasteiger partial charge in [-0.3, -0.25) is 9.10 Å². The highest BCUT2D eigenvalue weighted by molar-refractivity contribution is 7.92. The number of sulfonamides is 1. The van der Waals surface area contributed by atoms with Crippen molar-refractivity contribution in [1.29, 1.82) is 0 Å². The smallest absolute Gasteiger partial charge is 0.264 e. The lowest BCUT2D eigenvalue weighted by atomic mass is 10.1. The third kappa shape index (κ3) is 7.43. The zero-order valence-corrected chi connectivity index (χ0v) is 24.2. The van der Waals surface area contributed by atoms with Crippen molar-refractivity contribution >= 4 is 33.2 Å². The lowest BCUT2D eigenvalue weighted by molar-refractivity contribution is 0.0947. The molecular formula is C32H33ClN2O4S. The third-order valence-corrected chi connectivity index (χ3v) is 8.44. The van der Waals surface area contributed by atoms with Gasteiger partial charge in [-0.2, -0.15) is 0 Å². The summed E-state index contributed by atoms with van der Waals surface area (Å²) in [7, 11) is -3.88. The van der Waals surface area contributed by atoms with Gasteiger partial charge in [0, 0.05) is 10.6 Å². The molecule has 0 atom stereocenters. The van der Waals surface area contributed by atoms with E-state index in [2.05, 4.69) is 24.4 Å². The van der Waals surface area contributed by atoms with Crippen molar-refractivity contribution in [3.63, 3.8) is 0 Å². The van der Waals surface area contributed by atoms with Gasteiger partial charge in [0.25, 0.3) is 15.9 Å². The summed E-state index contributed by atoms with van der Waals surface area (Å²) in [5.41, 5.74) is 3.75. The summed E-state index contributed by atoms with van der Waals surface area (Å²) < 4.78 is 34.4. The normalized spacial score (nSPS) is 11.2. The third-order valence-electron chi connectivity index (χ3n) is 6.43. The molecule has 0 heterocycles. The lowest BCUT2D eigenvalue weighted by Crippen LogP contribution is -2.31. The first-order valence-electron chi connectivity index (χ1n) is 13.2. The van der Waals surface area contributed by atoms with Crippen molar-refractivity contribution < 1.29 is 17.9 Å². The van der Waals surface area contributed by atoms with E-state index in [4.69, 9.17) is 16.3 Å². The molecule has 0 spiro atoms. The number of nitrogens with zero attached hydrogens (tertiary/aromatic N) is 1. The molecule has 0 saturated carbocycles. The Hall–Kier alpha value is -3.81. The van der Waals surface area contributed by atoms with E-state index in [1.54, 1.807) is 72.8 Å². The van der Waals surface area contributed by atoms with E-state index in [-0.39, 0.29) is 17.3 Å². The number of hydrogen-bond acceptors (Lipinski definition) is 4. The number of halogens is 1. The van der Waals surface area contributed by atoms with Gasteiger partial charge in [-0.1, -0.05) is 73.5 Å². The number of hydrogen-bond donors (Lipinski definition) is 1. The van der Waals surface area contributed by atoms with Crippen LogP contribution in [0.3, 0.4) is 0 Å². The number of ether oxygens (including phenoxy) is 1. The number of aryl methyl sites for hydroxylation is 2. The highest BCUT2D eigenvalue weighted by Crippen LogP contribution is 2.31. The van der Waals surface area contributed by atoms with Crippen LogP contribution < -0.4 is 14.4 Å². The molecule has 4 aromatic carbocycles. The quantitative estimate of drug-likeness (QED) is 0.188. The molecule has 1 N–H and O–H groups in total. The Labute approximate surface area is 241 Å². The molecular weight excluding hydrogens is 544 g/mol. The van der Waals surface area contributed by atoms with Gasteiger partial charge in [-0.15, -0.1) is 0 Å². The maximum atomic E-state index is 13.7. The fourth-order valence-corrected chi connectivity index (χ4v) is 5.97. The fourth-order valence-electron chi connectivity index (χ4n) is 4.27. The Balaban J connectivity index is 1.42. The standard InChI is InChI=1S/C32H33ClN2O4S/c1-3-7-25-13-18-29(19-14-25)39-21-20-34-32(36)27-15-11-26(12-16-27)23-35(31-22-28(33)17-10-24(31)2)40(37,38)30-8-5-4-6-9-30/h4-6,8-19,22H,3,7,20-21,23H2,1-2H3,(H,34,36). The number of benzene rings is 4. The van der Waals surface area contributed by atoms with E-state index in [0.717, 1.165) is 29.7 Å². The van der Waals surface area contributed by atoms with Crippen molar-refractivity contribution in [2.24, 2.45) is 0 Å². The average Bonchev–Trinajstić information content (AvgIpc) is 2.97. The number of nitrogens with one attached hydrogen (secondary N) is 1. The predicted molar refractivity (Wildman–Crippen MR) is 161 cm³/mol. The molecule has 208 valence electrons. The van der Waals surface area contributed by atoms with Crippen molar-refractivity contribution in [3.05, 3.63) is 124 Å². The molecule has 8 heteroatoms. The molecule has 0 saturated heterocycles. The Bertz CT molecular complexity index is 1520. The minimum absolute atomic E-state index is 0.0746. The maximum absolute atomic E-state index is 13.7. The van der Waals surface area contributed by atoms with Gasteiger partial charge in [0.2, 0.25) is 0 Å². The molecule has 4 rings (SSSR count). The van der Waals surface area contributed by atoms with Crippen LogP contribution in [0.1, 0.15) is 40.4 Å². The van der Waals surface area contributed by atoms with Crippen LogP contribution >= 0.6 is 11.6 Å². The van der Waals surface area contributed by atoms with Gasteiger partial charge in [0.15, 0.2) is 0 Å². The van der Waals surface area contributed by atoms with Gasteiger partial charge in [-0.25, -0.2) is 8.42 Å². The van der Waals surface area contributed by atoms with Crippen LogP contribution in [0.2, 0.25) is 5.02 Å². The molecule has 4 aromatic rings. The van der Waals surface area contributed by atoms with E-state index >= 15 is 0 Å². The summed E-state index contributed by atoms with van der Waals surface area (Å²) in [5.74, 6) is 0.538. The SMILES string of the molecule is CCCc1ccc(OCCNC(=O)c2ccc(CN(c3cc(Cl)ccc3C)S(=O)(=O)c3ccccc3)cc2)cc1. The fraction of sp³-hybridized carbons (Fsp3) is 0.219. The molecule has 40 heavy (non-hydrogen) atoms. The second kappa shape index (κ2) is 13.5.